The Morgan fingerprint density at radius 1 is 1.06 bits per heavy atom. The summed E-state index contributed by atoms with van der Waals surface area (Å²) in [6.45, 7) is 1.30. The van der Waals surface area contributed by atoms with Gasteiger partial charge in [-0.2, -0.15) is 32.1 Å². The van der Waals surface area contributed by atoms with E-state index in [0.29, 0.717) is 11.8 Å². The molecule has 0 unspecified atom stereocenters. The molecule has 0 aliphatic carbocycles. The topological polar surface area (TPSA) is 80.1 Å². The number of aromatic nitrogens is 2. The molecule has 0 fully saturated rings. The summed E-state index contributed by atoms with van der Waals surface area (Å²) in [5.74, 6) is -0.390. The molecule has 2 aromatic rings. The van der Waals surface area contributed by atoms with Gasteiger partial charge in [0.15, 0.2) is 17.2 Å². The summed E-state index contributed by atoms with van der Waals surface area (Å²) < 4.78 is 78.6. The molecule has 1 atom stereocenters. The van der Waals surface area contributed by atoms with Crippen molar-refractivity contribution in [3.05, 3.63) is 30.0 Å². The van der Waals surface area contributed by atoms with Crippen LogP contribution in [0.5, 0.6) is 11.5 Å². The molecule has 31 heavy (non-hydrogen) atoms. The molecule has 0 amide bonds. The molecular formula is C18H16ClF5N4O3. The molecule has 1 aromatic heterocycles. The Balaban J connectivity index is 2.22. The third-order valence-electron chi connectivity index (χ3n) is 4.45. The van der Waals surface area contributed by atoms with Crippen LogP contribution in [0.4, 0.5) is 27.9 Å². The minimum Gasteiger partial charge on any atom is -0.493 e. The Hall–Kier alpha value is -2.73. The van der Waals surface area contributed by atoms with Crippen LogP contribution < -0.4 is 14.5 Å². The Morgan fingerprint density at radius 2 is 1.71 bits per heavy atom. The van der Waals surface area contributed by atoms with E-state index in [0.717, 1.165) is 0 Å². The highest BCUT2D eigenvalue weighted by Crippen LogP contribution is 2.44. The second-order valence-electron chi connectivity index (χ2n) is 6.64. The van der Waals surface area contributed by atoms with Gasteiger partial charge in [0, 0.05) is 17.7 Å². The molecule has 168 valence electrons. The summed E-state index contributed by atoms with van der Waals surface area (Å²) >= 11 is 5.04. The third kappa shape index (κ3) is 4.22. The molecule has 3 rings (SSSR count). The van der Waals surface area contributed by atoms with E-state index < -0.39 is 35.3 Å². The highest BCUT2D eigenvalue weighted by molar-refractivity contribution is 6.23. The van der Waals surface area contributed by atoms with Crippen LogP contribution in [0.25, 0.3) is 11.3 Å². The lowest BCUT2D eigenvalue weighted by molar-refractivity contribution is -0.141. The van der Waals surface area contributed by atoms with Gasteiger partial charge in [0.1, 0.15) is 0 Å². The first-order chi connectivity index (χ1) is 14.3. The maximum atomic E-state index is 14.0. The lowest BCUT2D eigenvalue weighted by Crippen LogP contribution is -2.55. The van der Waals surface area contributed by atoms with E-state index in [4.69, 9.17) is 21.1 Å². The van der Waals surface area contributed by atoms with Gasteiger partial charge in [-0.25, -0.2) is 9.97 Å². The quantitative estimate of drug-likeness (QED) is 0.523. The fourth-order valence-corrected chi connectivity index (χ4v) is 3.12. The molecule has 1 aliphatic rings. The lowest BCUT2D eigenvalue weighted by Gasteiger charge is -2.34. The molecule has 1 aromatic carbocycles. The lowest BCUT2D eigenvalue weighted by atomic mass is 10.1. The number of hydrogen-bond acceptors (Lipinski definition) is 7. The zero-order valence-corrected chi connectivity index (χ0v) is 17.1. The van der Waals surface area contributed by atoms with Crippen molar-refractivity contribution in [1.82, 2.24) is 9.97 Å². The maximum Gasteiger partial charge on any atom is 0.433 e. The summed E-state index contributed by atoms with van der Waals surface area (Å²) in [7, 11) is 2.71. The van der Waals surface area contributed by atoms with E-state index in [1.54, 1.807) is 0 Å². The molecule has 0 bridgehead atoms. The summed E-state index contributed by atoms with van der Waals surface area (Å²) in [4.78, 5) is 7.24. The number of halogens is 6. The van der Waals surface area contributed by atoms with E-state index >= 15 is 0 Å². The molecule has 0 spiro atoms. The van der Waals surface area contributed by atoms with Gasteiger partial charge in [0.05, 0.1) is 19.9 Å². The van der Waals surface area contributed by atoms with Crippen molar-refractivity contribution in [2.45, 2.75) is 30.6 Å². The molecular weight excluding hydrogens is 451 g/mol. The Morgan fingerprint density at radius 3 is 2.26 bits per heavy atom. The van der Waals surface area contributed by atoms with Crippen LogP contribution in [-0.4, -0.2) is 46.1 Å². The molecule has 7 nitrogen and oxygen atoms in total. The van der Waals surface area contributed by atoms with Gasteiger partial charge < -0.3 is 14.6 Å². The van der Waals surface area contributed by atoms with Gasteiger partial charge in [-0.15, -0.1) is 0 Å². The Labute approximate surface area is 178 Å². The Bertz CT molecular complexity index is 1030. The number of anilines is 1. The van der Waals surface area contributed by atoms with E-state index in [1.807, 2.05) is 0 Å². The summed E-state index contributed by atoms with van der Waals surface area (Å²) in [5.41, 5.74) is -4.72. The number of alkyl halides is 6. The van der Waals surface area contributed by atoms with Crippen LogP contribution in [0, 0.1) is 0 Å². The Kier molecular flexibility index (Phi) is 5.74. The zero-order chi connectivity index (χ0) is 23.2. The van der Waals surface area contributed by atoms with Crippen LogP contribution in [-0.2, 0) is 6.18 Å². The molecule has 2 heterocycles. The van der Waals surface area contributed by atoms with Crippen LogP contribution in [0.15, 0.2) is 29.4 Å². The average molecular weight is 467 g/mol. The van der Waals surface area contributed by atoms with Crippen LogP contribution in [0.1, 0.15) is 19.0 Å². The summed E-state index contributed by atoms with van der Waals surface area (Å²) in [5, 5.41) is 10.1. The molecule has 1 aliphatic heterocycles. The van der Waals surface area contributed by atoms with Gasteiger partial charge in [0.2, 0.25) is 11.7 Å². The number of methoxy groups -OCH3 is 2. The SMILES string of the molecule is COc1ccc(-c2cc(C(F)(F)F)nc(N3N=C(C)C[C@]3(O)C(F)(F)Cl)n2)cc1OC. The fourth-order valence-electron chi connectivity index (χ4n) is 2.97. The number of nitrogens with zero attached hydrogens (tertiary/aromatic N) is 4. The standard InChI is InChI=1S/C18H16ClF5N4O3/c1-9-8-16(29,18(19,23)24)28(27-9)15-25-11(7-14(26-15)17(20,21)22)10-4-5-12(30-2)13(6-10)31-3/h4-7,29H,8H2,1-3H3/t16-/m0/s1. The molecule has 1 N–H and O–H groups in total. The van der Waals surface area contributed by atoms with Crippen molar-refractivity contribution in [2.24, 2.45) is 5.10 Å². The zero-order valence-electron chi connectivity index (χ0n) is 16.3. The summed E-state index contributed by atoms with van der Waals surface area (Å²) in [6, 6.07) is 4.82. The number of hydrogen-bond donors (Lipinski definition) is 1. The van der Waals surface area contributed by atoms with Crippen LogP contribution in [0.3, 0.4) is 0 Å². The predicted molar refractivity (Wildman–Crippen MR) is 102 cm³/mol. The van der Waals surface area contributed by atoms with Gasteiger partial charge in [-0.1, -0.05) is 0 Å². The van der Waals surface area contributed by atoms with Crippen LogP contribution in [0.2, 0.25) is 0 Å². The van der Waals surface area contributed by atoms with Gasteiger partial charge >= 0.3 is 11.6 Å². The first-order valence-corrected chi connectivity index (χ1v) is 9.00. The minimum atomic E-state index is -4.94. The van der Waals surface area contributed by atoms with E-state index in [-0.39, 0.29) is 27.7 Å². The molecule has 0 saturated heterocycles. The van der Waals surface area contributed by atoms with Crippen molar-refractivity contribution in [3.8, 4) is 22.8 Å². The highest BCUT2D eigenvalue weighted by Gasteiger charge is 2.60. The van der Waals surface area contributed by atoms with Gasteiger partial charge in [-0.05, 0) is 42.8 Å². The molecule has 0 saturated carbocycles. The third-order valence-corrected chi connectivity index (χ3v) is 4.75. The summed E-state index contributed by atoms with van der Waals surface area (Å²) in [6.07, 6.45) is -5.67. The van der Waals surface area contributed by atoms with E-state index in [1.165, 1.54) is 39.3 Å². The predicted octanol–water partition coefficient (Wildman–Crippen LogP) is 4.29. The average Bonchev–Trinajstić information content (AvgIpc) is 3.01. The van der Waals surface area contributed by atoms with Crippen molar-refractivity contribution in [3.63, 3.8) is 0 Å². The van der Waals surface area contributed by atoms with E-state index in [2.05, 4.69) is 15.1 Å². The number of aliphatic hydroxyl groups is 1. The van der Waals surface area contributed by atoms with Gasteiger partial charge in [0.25, 0.3) is 0 Å². The number of benzene rings is 1. The normalized spacial score (nSPS) is 19.4. The van der Waals surface area contributed by atoms with E-state index in [9.17, 15) is 27.1 Å². The van der Waals surface area contributed by atoms with Crippen molar-refractivity contribution in [2.75, 3.05) is 19.2 Å². The highest BCUT2D eigenvalue weighted by atomic mass is 35.5. The second kappa shape index (κ2) is 7.75. The second-order valence-corrected chi connectivity index (χ2v) is 7.12. The number of ether oxygens (including phenoxy) is 2. The monoisotopic (exact) mass is 466 g/mol. The maximum absolute atomic E-state index is 14.0. The molecule has 0 radical (unpaired) electrons. The first kappa shape index (κ1) is 22.9. The van der Waals surface area contributed by atoms with Crippen LogP contribution >= 0.6 is 11.6 Å². The first-order valence-electron chi connectivity index (χ1n) is 8.62. The van der Waals surface area contributed by atoms with Crippen molar-refractivity contribution in [1.29, 1.82) is 0 Å². The van der Waals surface area contributed by atoms with Crippen molar-refractivity contribution >= 4 is 23.3 Å². The van der Waals surface area contributed by atoms with Gasteiger partial charge in [-0.3, -0.25) is 0 Å². The molecule has 13 heteroatoms. The number of hydrazone groups is 1. The largest absolute Gasteiger partial charge is 0.493 e. The number of rotatable bonds is 5. The van der Waals surface area contributed by atoms with Crippen molar-refractivity contribution < 1.29 is 36.5 Å². The fraction of sp³-hybridized carbons (Fsp3) is 0.389. The minimum absolute atomic E-state index is 0.00324. The smallest absolute Gasteiger partial charge is 0.433 e.